The number of hydrogen-bond donors (Lipinski definition) is 0. The molecule has 0 amide bonds. The molecule has 1 aliphatic rings. The summed E-state index contributed by atoms with van der Waals surface area (Å²) in [7, 11) is 0. The standard InChI is InChI=1S/C5H3NO.C4H9O/c7-4-5-2-1-3-6-5;1-2-3-4-5/h1-3H;2-4H2,1H3. The second-order valence-corrected chi connectivity index (χ2v) is 2.18. The molecule has 0 saturated heterocycles. The highest BCUT2D eigenvalue weighted by atomic mass is 16.2. The number of carbonyl (C=O) groups excluding carboxylic acids is 1. The van der Waals surface area contributed by atoms with E-state index in [2.05, 4.69) is 4.99 Å². The van der Waals surface area contributed by atoms with Gasteiger partial charge in [-0.1, -0.05) is 13.3 Å². The number of nitrogens with zero attached hydrogens (tertiary/aromatic N) is 1. The predicted octanol–water partition coefficient (Wildman–Crippen LogP) is 1.56. The van der Waals surface area contributed by atoms with Gasteiger partial charge in [0, 0.05) is 6.21 Å². The van der Waals surface area contributed by atoms with Gasteiger partial charge in [0.25, 0.3) is 0 Å². The molecular weight excluding hydrogens is 154 g/mol. The molecule has 0 spiro atoms. The lowest BCUT2D eigenvalue weighted by molar-refractivity contribution is 0.188. The van der Waals surface area contributed by atoms with Gasteiger partial charge in [0.2, 0.25) is 0 Å². The van der Waals surface area contributed by atoms with Crippen molar-refractivity contribution in [3.63, 3.8) is 0 Å². The van der Waals surface area contributed by atoms with E-state index in [1.807, 2.05) is 6.92 Å². The maximum atomic E-state index is 9.68. The van der Waals surface area contributed by atoms with Gasteiger partial charge in [0.1, 0.15) is 5.70 Å². The molecule has 1 heterocycles. The minimum absolute atomic E-state index is 0.0938. The minimum atomic E-state index is 0.0938. The van der Waals surface area contributed by atoms with E-state index >= 15 is 0 Å². The van der Waals surface area contributed by atoms with Crippen LogP contribution in [-0.2, 0) is 9.90 Å². The lowest BCUT2D eigenvalue weighted by Gasteiger charge is -1.76. The van der Waals surface area contributed by atoms with Crippen molar-refractivity contribution in [2.45, 2.75) is 19.8 Å². The van der Waals surface area contributed by atoms with Gasteiger partial charge in [0.15, 0.2) is 5.94 Å². The second-order valence-electron chi connectivity index (χ2n) is 2.18. The number of unbranched alkanes of at least 4 members (excludes halogenated alkanes) is 1. The summed E-state index contributed by atoms with van der Waals surface area (Å²) in [6.07, 6.45) is 6.72. The molecular formula is C9H12NO2. The van der Waals surface area contributed by atoms with Crippen LogP contribution in [0.1, 0.15) is 19.8 Å². The molecule has 12 heavy (non-hydrogen) atoms. The summed E-state index contributed by atoms with van der Waals surface area (Å²) < 4.78 is 0. The van der Waals surface area contributed by atoms with Gasteiger partial charge < -0.3 is 0 Å². The molecule has 1 aliphatic heterocycles. The van der Waals surface area contributed by atoms with Crippen LogP contribution < -0.4 is 0 Å². The monoisotopic (exact) mass is 166 g/mol. The zero-order chi connectivity index (χ0) is 9.23. The third-order valence-electron chi connectivity index (χ3n) is 1.16. The van der Waals surface area contributed by atoms with E-state index in [1.54, 1.807) is 24.3 Å². The molecule has 0 aliphatic carbocycles. The fourth-order valence-corrected chi connectivity index (χ4v) is 0.505. The van der Waals surface area contributed by atoms with Crippen molar-refractivity contribution >= 4 is 12.2 Å². The Labute approximate surface area is 72.1 Å². The fourth-order valence-electron chi connectivity index (χ4n) is 0.505. The summed E-state index contributed by atoms with van der Waals surface area (Å²) in [6.45, 7) is 2.11. The Bertz CT molecular complexity index is 197. The summed E-state index contributed by atoms with van der Waals surface area (Å²) in [5, 5.41) is 9.53. The first-order valence-corrected chi connectivity index (χ1v) is 3.89. The Hall–Kier alpha value is -1.18. The minimum Gasteiger partial charge on any atom is -0.245 e. The average molecular weight is 166 g/mol. The van der Waals surface area contributed by atoms with Gasteiger partial charge >= 0.3 is 0 Å². The van der Waals surface area contributed by atoms with Crippen LogP contribution in [-0.4, -0.2) is 18.8 Å². The van der Waals surface area contributed by atoms with Gasteiger partial charge in [-0.2, -0.15) is 0 Å². The summed E-state index contributed by atoms with van der Waals surface area (Å²) >= 11 is 0. The first kappa shape index (κ1) is 10.8. The summed E-state index contributed by atoms with van der Waals surface area (Å²) in [6, 6.07) is 0. The highest BCUT2D eigenvalue weighted by molar-refractivity contribution is 5.80. The van der Waals surface area contributed by atoms with Gasteiger partial charge in [-0.3, -0.25) is 0 Å². The first-order chi connectivity index (χ1) is 5.85. The highest BCUT2D eigenvalue weighted by Gasteiger charge is 1.88. The van der Waals surface area contributed by atoms with Crippen LogP contribution in [0.5, 0.6) is 0 Å². The SMILES string of the molecule is CCCC[O].O=C=C1C=CC=N1. The normalized spacial score (nSPS) is 12.3. The van der Waals surface area contributed by atoms with Crippen molar-refractivity contribution in [1.82, 2.24) is 0 Å². The first-order valence-electron chi connectivity index (χ1n) is 3.89. The second kappa shape index (κ2) is 7.92. The molecule has 1 radical (unpaired) electrons. The number of rotatable bonds is 2. The molecule has 0 fully saturated rings. The highest BCUT2D eigenvalue weighted by Crippen LogP contribution is 1.96. The van der Waals surface area contributed by atoms with Crippen molar-refractivity contribution in [2.24, 2.45) is 4.99 Å². The molecule has 0 unspecified atom stereocenters. The third-order valence-corrected chi connectivity index (χ3v) is 1.16. The lowest BCUT2D eigenvalue weighted by atomic mass is 10.4. The van der Waals surface area contributed by atoms with Crippen LogP contribution in [0.25, 0.3) is 0 Å². The molecule has 65 valence electrons. The Morgan fingerprint density at radius 2 is 2.33 bits per heavy atom. The number of aliphatic imine (C=N–C) groups is 1. The zero-order valence-electron chi connectivity index (χ0n) is 7.12. The van der Waals surface area contributed by atoms with Crippen molar-refractivity contribution in [2.75, 3.05) is 6.61 Å². The molecule has 3 nitrogen and oxygen atoms in total. The summed E-state index contributed by atoms with van der Waals surface area (Å²) in [5.41, 5.74) is 0.375. The van der Waals surface area contributed by atoms with Crippen LogP contribution >= 0.6 is 0 Å². The Balaban J connectivity index is 0.000000217. The quantitative estimate of drug-likeness (QED) is 0.574. The predicted molar refractivity (Wildman–Crippen MR) is 47.3 cm³/mol. The van der Waals surface area contributed by atoms with E-state index in [-0.39, 0.29) is 6.61 Å². The fraction of sp³-hybridized carbons (Fsp3) is 0.444. The summed E-state index contributed by atoms with van der Waals surface area (Å²) in [5.74, 6) is 1.65. The van der Waals surface area contributed by atoms with Crippen LogP contribution in [0.4, 0.5) is 0 Å². The van der Waals surface area contributed by atoms with Crippen LogP contribution in [0.15, 0.2) is 22.8 Å². The zero-order valence-corrected chi connectivity index (χ0v) is 7.12. The molecule has 0 aromatic carbocycles. The van der Waals surface area contributed by atoms with Crippen molar-refractivity contribution in [3.05, 3.63) is 17.8 Å². The topological polar surface area (TPSA) is 49.3 Å². The van der Waals surface area contributed by atoms with E-state index in [4.69, 9.17) is 0 Å². The van der Waals surface area contributed by atoms with Gasteiger partial charge in [-0.15, -0.1) is 0 Å². The average Bonchev–Trinajstić information content (AvgIpc) is 2.58. The Kier molecular flexibility index (Phi) is 7.14. The van der Waals surface area contributed by atoms with Crippen molar-refractivity contribution in [1.29, 1.82) is 0 Å². The largest absolute Gasteiger partial charge is 0.245 e. The molecule has 3 heteroatoms. The maximum absolute atomic E-state index is 9.68. The van der Waals surface area contributed by atoms with Gasteiger partial charge in [-0.25, -0.2) is 14.9 Å². The van der Waals surface area contributed by atoms with Crippen LogP contribution in [0, 0.1) is 0 Å². The smallest absolute Gasteiger partial charge is 0.152 e. The molecule has 1 rings (SSSR count). The van der Waals surface area contributed by atoms with Gasteiger partial charge in [0.05, 0.1) is 6.61 Å². The summed E-state index contributed by atoms with van der Waals surface area (Å²) in [4.78, 5) is 13.3. The van der Waals surface area contributed by atoms with Gasteiger partial charge in [-0.05, 0) is 18.6 Å². The van der Waals surface area contributed by atoms with Crippen LogP contribution in [0.3, 0.4) is 0 Å². The molecule has 0 saturated carbocycles. The Morgan fingerprint density at radius 1 is 1.58 bits per heavy atom. The third kappa shape index (κ3) is 5.59. The van der Waals surface area contributed by atoms with Crippen LogP contribution in [0.2, 0.25) is 0 Å². The van der Waals surface area contributed by atoms with Crippen molar-refractivity contribution in [3.8, 4) is 0 Å². The molecule has 0 aromatic rings. The molecule has 0 bridgehead atoms. The lowest BCUT2D eigenvalue weighted by Crippen LogP contribution is -1.72. The van der Waals surface area contributed by atoms with E-state index < -0.39 is 0 Å². The van der Waals surface area contributed by atoms with E-state index in [9.17, 15) is 9.90 Å². The van der Waals surface area contributed by atoms with E-state index in [1.165, 1.54) is 0 Å². The number of allylic oxidation sites excluding steroid dienone is 2. The molecule has 0 aromatic heterocycles. The van der Waals surface area contributed by atoms with E-state index in [0.717, 1.165) is 12.8 Å². The Morgan fingerprint density at radius 3 is 2.50 bits per heavy atom. The number of hydrogen-bond acceptors (Lipinski definition) is 2. The maximum Gasteiger partial charge on any atom is 0.152 e. The molecule has 0 N–H and O–H groups in total. The van der Waals surface area contributed by atoms with Crippen molar-refractivity contribution < 1.29 is 9.90 Å². The molecule has 0 atom stereocenters. The van der Waals surface area contributed by atoms with E-state index in [0.29, 0.717) is 5.70 Å².